The highest BCUT2D eigenvalue weighted by atomic mass is 16.1. The van der Waals surface area contributed by atoms with Crippen LogP contribution in [-0.2, 0) is 4.79 Å². The molecule has 0 amide bonds. The summed E-state index contributed by atoms with van der Waals surface area (Å²) in [5.74, 6) is 0.297. The van der Waals surface area contributed by atoms with E-state index in [0.717, 1.165) is 29.1 Å². The first-order chi connectivity index (χ1) is 9.83. The van der Waals surface area contributed by atoms with Crippen molar-refractivity contribution in [2.45, 2.75) is 12.8 Å². The van der Waals surface area contributed by atoms with Gasteiger partial charge in [0, 0.05) is 36.8 Å². The Kier molecular flexibility index (Phi) is 3.59. The molecule has 1 N–H and O–H groups in total. The maximum Gasteiger partial charge on any atom is 0.140 e. The number of hydrogen-bond donors (Lipinski definition) is 1. The van der Waals surface area contributed by atoms with Gasteiger partial charge in [-0.2, -0.15) is 0 Å². The van der Waals surface area contributed by atoms with Crippen LogP contribution < -0.4 is 5.32 Å². The molecule has 1 saturated heterocycles. The predicted molar refractivity (Wildman–Crippen MR) is 79.9 cm³/mol. The molecule has 0 radical (unpaired) electrons. The van der Waals surface area contributed by atoms with Gasteiger partial charge in [0.2, 0.25) is 0 Å². The van der Waals surface area contributed by atoms with E-state index in [-0.39, 0.29) is 0 Å². The first-order valence-corrected chi connectivity index (χ1v) is 6.79. The van der Waals surface area contributed by atoms with Crippen molar-refractivity contribution >= 4 is 11.9 Å². The number of carbonyl (C=O) groups is 1. The smallest absolute Gasteiger partial charge is 0.140 e. The highest BCUT2D eigenvalue weighted by Gasteiger charge is 2.13. The summed E-state index contributed by atoms with van der Waals surface area (Å²) in [6.07, 6.45) is 4.97. The average molecular weight is 264 g/mol. The molecule has 100 valence electrons. The fourth-order valence-electron chi connectivity index (χ4n) is 2.39. The Hall–Kier alpha value is -2.42. The monoisotopic (exact) mass is 264 g/mol. The molecular formula is C17H16N2O. The largest absolute Gasteiger partial charge is 0.388 e. The molecule has 1 aliphatic rings. The van der Waals surface area contributed by atoms with Gasteiger partial charge in [-0.1, -0.05) is 30.3 Å². The van der Waals surface area contributed by atoms with E-state index in [2.05, 4.69) is 28.5 Å². The van der Waals surface area contributed by atoms with Crippen LogP contribution in [-0.4, -0.2) is 17.3 Å². The molecule has 3 nitrogen and oxygen atoms in total. The zero-order valence-corrected chi connectivity index (χ0v) is 11.2. The molecule has 1 aliphatic heterocycles. The standard InChI is InChI=1S/C17H16N2O/c20-15-8-10-18-14(12-15)11-13-5-1-2-6-16(13)17-7-3-4-9-19-17/h1-7,9,11,18H,8,10,12H2. The van der Waals surface area contributed by atoms with Crippen LogP contribution in [0.1, 0.15) is 18.4 Å². The highest BCUT2D eigenvalue weighted by Crippen LogP contribution is 2.24. The summed E-state index contributed by atoms with van der Waals surface area (Å²) in [4.78, 5) is 15.9. The molecule has 3 rings (SSSR count). The molecule has 0 spiro atoms. The summed E-state index contributed by atoms with van der Waals surface area (Å²) >= 11 is 0. The lowest BCUT2D eigenvalue weighted by Crippen LogP contribution is -2.25. The Morgan fingerprint density at radius 1 is 1.10 bits per heavy atom. The minimum atomic E-state index is 0.297. The van der Waals surface area contributed by atoms with Crippen molar-refractivity contribution in [3.63, 3.8) is 0 Å². The van der Waals surface area contributed by atoms with Crippen LogP contribution in [0.25, 0.3) is 17.3 Å². The van der Waals surface area contributed by atoms with E-state index < -0.39 is 0 Å². The fourth-order valence-corrected chi connectivity index (χ4v) is 2.39. The molecule has 1 aromatic heterocycles. The van der Waals surface area contributed by atoms with Crippen LogP contribution in [0.15, 0.2) is 54.4 Å². The molecule has 0 unspecified atom stereocenters. The number of nitrogens with zero attached hydrogens (tertiary/aromatic N) is 1. The van der Waals surface area contributed by atoms with E-state index in [1.165, 1.54) is 0 Å². The number of rotatable bonds is 2. The molecule has 3 heteroatoms. The number of allylic oxidation sites excluding steroid dienone is 1. The normalized spacial score (nSPS) is 17.0. The van der Waals surface area contributed by atoms with Crippen LogP contribution in [0.3, 0.4) is 0 Å². The van der Waals surface area contributed by atoms with E-state index in [4.69, 9.17) is 0 Å². The van der Waals surface area contributed by atoms with Crippen molar-refractivity contribution < 1.29 is 4.79 Å². The number of aromatic nitrogens is 1. The molecule has 20 heavy (non-hydrogen) atoms. The summed E-state index contributed by atoms with van der Waals surface area (Å²) in [6, 6.07) is 14.0. The van der Waals surface area contributed by atoms with Gasteiger partial charge in [0.15, 0.2) is 0 Å². The van der Waals surface area contributed by atoms with E-state index in [9.17, 15) is 4.79 Å². The van der Waals surface area contributed by atoms with E-state index in [1.54, 1.807) is 6.20 Å². The molecule has 0 saturated carbocycles. The lowest BCUT2D eigenvalue weighted by molar-refractivity contribution is -0.119. The van der Waals surface area contributed by atoms with E-state index in [0.29, 0.717) is 18.6 Å². The Balaban J connectivity index is 1.98. The number of ketones is 1. The molecule has 1 aromatic carbocycles. The Morgan fingerprint density at radius 2 is 1.95 bits per heavy atom. The van der Waals surface area contributed by atoms with Gasteiger partial charge >= 0.3 is 0 Å². The third-order valence-electron chi connectivity index (χ3n) is 3.37. The Morgan fingerprint density at radius 3 is 2.75 bits per heavy atom. The third-order valence-corrected chi connectivity index (χ3v) is 3.37. The van der Waals surface area contributed by atoms with E-state index >= 15 is 0 Å². The van der Waals surface area contributed by atoms with Gasteiger partial charge in [0.05, 0.1) is 5.69 Å². The molecule has 0 aliphatic carbocycles. The minimum absolute atomic E-state index is 0.297. The Labute approximate surface area is 118 Å². The SMILES string of the molecule is O=C1CCNC(=Cc2ccccc2-c2ccccn2)C1. The first-order valence-electron chi connectivity index (χ1n) is 6.79. The first kappa shape index (κ1) is 12.6. The third kappa shape index (κ3) is 2.77. The highest BCUT2D eigenvalue weighted by molar-refractivity contribution is 5.84. The van der Waals surface area contributed by atoms with Crippen LogP contribution in [0.2, 0.25) is 0 Å². The predicted octanol–water partition coefficient (Wildman–Crippen LogP) is 3.04. The number of Topliss-reactive ketones (excluding diaryl/α,β-unsaturated/α-hetero) is 1. The number of benzene rings is 1. The van der Waals surface area contributed by atoms with Gasteiger partial charge < -0.3 is 5.32 Å². The average Bonchev–Trinajstić information content (AvgIpc) is 2.49. The summed E-state index contributed by atoms with van der Waals surface area (Å²) in [5, 5.41) is 3.30. The second-order valence-corrected chi connectivity index (χ2v) is 4.86. The molecular weight excluding hydrogens is 248 g/mol. The van der Waals surface area contributed by atoms with Gasteiger partial charge in [-0.05, 0) is 23.8 Å². The second kappa shape index (κ2) is 5.70. The van der Waals surface area contributed by atoms with Crippen molar-refractivity contribution in [2.75, 3.05) is 6.54 Å². The van der Waals surface area contributed by atoms with Gasteiger partial charge in [0.25, 0.3) is 0 Å². The number of nitrogens with one attached hydrogen (secondary N) is 1. The van der Waals surface area contributed by atoms with Gasteiger partial charge in [-0.3, -0.25) is 9.78 Å². The summed E-state index contributed by atoms with van der Waals surface area (Å²) in [5.41, 5.74) is 4.11. The lowest BCUT2D eigenvalue weighted by atomic mass is 10.0. The van der Waals surface area contributed by atoms with Crippen molar-refractivity contribution in [2.24, 2.45) is 0 Å². The quantitative estimate of drug-likeness (QED) is 0.906. The van der Waals surface area contributed by atoms with Crippen LogP contribution in [0.4, 0.5) is 0 Å². The Bertz CT molecular complexity index is 647. The number of carbonyl (C=O) groups excluding carboxylic acids is 1. The van der Waals surface area contributed by atoms with Crippen molar-refractivity contribution in [3.05, 3.63) is 59.9 Å². The molecule has 0 atom stereocenters. The zero-order valence-electron chi connectivity index (χ0n) is 11.2. The number of piperidine rings is 1. The van der Waals surface area contributed by atoms with Crippen molar-refractivity contribution in [3.8, 4) is 11.3 Å². The summed E-state index contributed by atoms with van der Waals surface area (Å²) < 4.78 is 0. The molecule has 2 aromatic rings. The molecule has 2 heterocycles. The van der Waals surface area contributed by atoms with Gasteiger partial charge in [-0.15, -0.1) is 0 Å². The van der Waals surface area contributed by atoms with Crippen LogP contribution >= 0.6 is 0 Å². The zero-order chi connectivity index (χ0) is 13.8. The summed E-state index contributed by atoms with van der Waals surface area (Å²) in [6.45, 7) is 0.733. The van der Waals surface area contributed by atoms with Crippen molar-refractivity contribution in [1.29, 1.82) is 0 Å². The van der Waals surface area contributed by atoms with E-state index in [1.807, 2.05) is 30.3 Å². The summed E-state index contributed by atoms with van der Waals surface area (Å²) in [7, 11) is 0. The maximum atomic E-state index is 11.5. The molecule has 0 bridgehead atoms. The minimum Gasteiger partial charge on any atom is -0.388 e. The number of hydrogen-bond acceptors (Lipinski definition) is 3. The number of pyridine rings is 1. The van der Waals surface area contributed by atoms with Gasteiger partial charge in [0.1, 0.15) is 5.78 Å². The lowest BCUT2D eigenvalue weighted by Gasteiger charge is -2.16. The van der Waals surface area contributed by atoms with Crippen LogP contribution in [0.5, 0.6) is 0 Å². The molecule has 1 fully saturated rings. The van der Waals surface area contributed by atoms with Crippen LogP contribution in [0, 0.1) is 0 Å². The van der Waals surface area contributed by atoms with Gasteiger partial charge in [-0.25, -0.2) is 0 Å². The fraction of sp³-hybridized carbons (Fsp3) is 0.176. The topological polar surface area (TPSA) is 42.0 Å². The van der Waals surface area contributed by atoms with Crippen molar-refractivity contribution in [1.82, 2.24) is 10.3 Å². The second-order valence-electron chi connectivity index (χ2n) is 4.86. The maximum absolute atomic E-state index is 11.5.